The van der Waals surface area contributed by atoms with E-state index < -0.39 is 0 Å². The molecule has 0 aliphatic heterocycles. The summed E-state index contributed by atoms with van der Waals surface area (Å²) in [6.07, 6.45) is 6.74. The molecule has 1 aromatic carbocycles. The van der Waals surface area contributed by atoms with Gasteiger partial charge in [0.1, 0.15) is 0 Å². The molecule has 0 spiro atoms. The fraction of sp³-hybridized carbons (Fsp3) is 0.500. The van der Waals surface area contributed by atoms with Crippen LogP contribution in [0, 0.1) is 5.92 Å². The van der Waals surface area contributed by atoms with Crippen LogP contribution < -0.4 is 10.6 Å². The topological polar surface area (TPSA) is 77.2 Å². The van der Waals surface area contributed by atoms with Crippen LogP contribution in [0.25, 0.3) is 10.9 Å². The Bertz CT molecular complexity index is 645. The zero-order valence-corrected chi connectivity index (χ0v) is 13.3. The molecule has 23 heavy (non-hydrogen) atoms. The number of aromatic nitrogens is 1. The number of carbonyl (C=O) groups is 1. The highest BCUT2D eigenvalue weighted by atomic mass is 16.3. The molecule has 3 rings (SSSR count). The highest BCUT2D eigenvalue weighted by Gasteiger charge is 2.21. The van der Waals surface area contributed by atoms with Gasteiger partial charge in [-0.25, -0.2) is 4.79 Å². The molecule has 2 amide bonds. The molecule has 0 unspecified atom stereocenters. The normalized spacial score (nSPS) is 21.3. The second-order valence-corrected chi connectivity index (χ2v) is 6.41. The molecule has 0 radical (unpaired) electrons. The molecule has 0 bridgehead atoms. The number of H-pyrrole nitrogens is 1. The summed E-state index contributed by atoms with van der Waals surface area (Å²) in [5.74, 6) is 0.415. The lowest BCUT2D eigenvalue weighted by atomic mass is 9.87. The van der Waals surface area contributed by atoms with Crippen LogP contribution in [-0.4, -0.2) is 35.3 Å². The number of aliphatic hydroxyl groups excluding tert-OH is 1. The predicted molar refractivity (Wildman–Crippen MR) is 91.4 cm³/mol. The first-order valence-corrected chi connectivity index (χ1v) is 8.46. The molecule has 1 saturated carbocycles. The van der Waals surface area contributed by atoms with Gasteiger partial charge in [0.25, 0.3) is 0 Å². The van der Waals surface area contributed by atoms with Crippen molar-refractivity contribution in [2.45, 2.75) is 38.1 Å². The first kappa shape index (κ1) is 15.9. The molecule has 1 aliphatic carbocycles. The van der Waals surface area contributed by atoms with E-state index in [1.54, 1.807) is 0 Å². The molecule has 1 aliphatic rings. The van der Waals surface area contributed by atoms with Crippen molar-refractivity contribution < 1.29 is 9.90 Å². The van der Waals surface area contributed by atoms with Gasteiger partial charge in [-0.3, -0.25) is 0 Å². The molecule has 1 fully saturated rings. The SMILES string of the molecule is O=C(NCCc1c[nH]c2ccccc12)NC1CCC(CO)CC1. The van der Waals surface area contributed by atoms with Gasteiger partial charge in [-0.2, -0.15) is 0 Å². The van der Waals surface area contributed by atoms with Crippen LogP contribution >= 0.6 is 0 Å². The third-order valence-electron chi connectivity index (χ3n) is 4.79. The summed E-state index contributed by atoms with van der Waals surface area (Å²) in [5, 5.41) is 16.3. The molecular formula is C18H25N3O2. The Labute approximate surface area is 136 Å². The van der Waals surface area contributed by atoms with Gasteiger partial charge in [-0.05, 0) is 49.7 Å². The van der Waals surface area contributed by atoms with E-state index in [9.17, 15) is 4.79 Å². The Kier molecular flexibility index (Phi) is 5.18. The highest BCUT2D eigenvalue weighted by Crippen LogP contribution is 2.23. The van der Waals surface area contributed by atoms with Crippen LogP contribution in [0.2, 0.25) is 0 Å². The molecule has 5 nitrogen and oxygen atoms in total. The standard InChI is InChI=1S/C18H25N3O2/c22-12-13-5-7-15(8-6-13)21-18(23)19-10-9-14-11-20-17-4-2-1-3-16(14)17/h1-4,11,13,15,20,22H,5-10,12H2,(H2,19,21,23). The maximum absolute atomic E-state index is 12.0. The van der Waals surface area contributed by atoms with Crippen molar-refractivity contribution in [3.8, 4) is 0 Å². The summed E-state index contributed by atoms with van der Waals surface area (Å²) >= 11 is 0. The number of hydrogen-bond acceptors (Lipinski definition) is 2. The quantitative estimate of drug-likeness (QED) is 0.684. The van der Waals surface area contributed by atoms with Crippen molar-refractivity contribution in [3.63, 3.8) is 0 Å². The molecule has 124 valence electrons. The van der Waals surface area contributed by atoms with E-state index >= 15 is 0 Å². The van der Waals surface area contributed by atoms with Crippen molar-refractivity contribution in [3.05, 3.63) is 36.0 Å². The second-order valence-electron chi connectivity index (χ2n) is 6.41. The van der Waals surface area contributed by atoms with E-state index in [2.05, 4.69) is 27.8 Å². The average Bonchev–Trinajstić information content (AvgIpc) is 2.99. The van der Waals surface area contributed by atoms with Crippen molar-refractivity contribution in [1.29, 1.82) is 0 Å². The Morgan fingerprint density at radius 3 is 2.78 bits per heavy atom. The van der Waals surface area contributed by atoms with E-state index in [1.165, 1.54) is 10.9 Å². The number of aliphatic hydroxyl groups is 1. The molecule has 0 saturated heterocycles. The second kappa shape index (κ2) is 7.51. The largest absolute Gasteiger partial charge is 0.396 e. The van der Waals surface area contributed by atoms with E-state index in [4.69, 9.17) is 5.11 Å². The fourth-order valence-corrected chi connectivity index (χ4v) is 3.37. The maximum Gasteiger partial charge on any atom is 0.315 e. The Morgan fingerprint density at radius 2 is 2.00 bits per heavy atom. The van der Waals surface area contributed by atoms with Crippen LogP contribution in [-0.2, 0) is 6.42 Å². The molecule has 0 atom stereocenters. The van der Waals surface area contributed by atoms with Crippen LogP contribution in [0.15, 0.2) is 30.5 Å². The van der Waals surface area contributed by atoms with Gasteiger partial charge in [-0.15, -0.1) is 0 Å². The zero-order valence-electron chi connectivity index (χ0n) is 13.3. The lowest BCUT2D eigenvalue weighted by molar-refractivity contribution is 0.174. The number of fused-ring (bicyclic) bond motifs is 1. The van der Waals surface area contributed by atoms with Crippen LogP contribution in [0.4, 0.5) is 4.79 Å². The molecule has 2 aromatic rings. The Morgan fingerprint density at radius 1 is 1.22 bits per heavy atom. The lowest BCUT2D eigenvalue weighted by Gasteiger charge is -2.27. The minimum absolute atomic E-state index is 0.0858. The smallest absolute Gasteiger partial charge is 0.315 e. The summed E-state index contributed by atoms with van der Waals surface area (Å²) in [6, 6.07) is 8.36. The number of aromatic amines is 1. The number of nitrogens with one attached hydrogen (secondary N) is 3. The number of carbonyl (C=O) groups excluding carboxylic acids is 1. The van der Waals surface area contributed by atoms with Crippen molar-refractivity contribution in [2.24, 2.45) is 5.92 Å². The third-order valence-corrected chi connectivity index (χ3v) is 4.79. The number of hydrogen-bond donors (Lipinski definition) is 4. The maximum atomic E-state index is 12.0. The summed E-state index contributed by atoms with van der Waals surface area (Å²) in [6.45, 7) is 0.892. The number of amides is 2. The zero-order chi connectivity index (χ0) is 16.1. The molecule has 1 aromatic heterocycles. The molecule has 1 heterocycles. The average molecular weight is 315 g/mol. The predicted octanol–water partition coefficient (Wildman–Crippen LogP) is 2.56. The summed E-state index contributed by atoms with van der Waals surface area (Å²) < 4.78 is 0. The van der Waals surface area contributed by atoms with E-state index in [0.717, 1.165) is 37.6 Å². The van der Waals surface area contributed by atoms with Gasteiger partial charge in [0, 0.05) is 36.3 Å². The van der Waals surface area contributed by atoms with Crippen LogP contribution in [0.5, 0.6) is 0 Å². The van der Waals surface area contributed by atoms with Crippen LogP contribution in [0.1, 0.15) is 31.2 Å². The van der Waals surface area contributed by atoms with Gasteiger partial charge in [0.05, 0.1) is 0 Å². The summed E-state index contributed by atoms with van der Waals surface area (Å²) in [4.78, 5) is 15.2. The first-order chi connectivity index (χ1) is 11.3. The third kappa shape index (κ3) is 4.05. The van der Waals surface area contributed by atoms with E-state index in [0.29, 0.717) is 12.5 Å². The molecular weight excluding hydrogens is 290 g/mol. The fourth-order valence-electron chi connectivity index (χ4n) is 3.37. The first-order valence-electron chi connectivity index (χ1n) is 8.46. The molecule has 5 heteroatoms. The minimum atomic E-state index is -0.0858. The van der Waals surface area contributed by atoms with Gasteiger partial charge in [0.15, 0.2) is 0 Å². The van der Waals surface area contributed by atoms with Gasteiger partial charge < -0.3 is 20.7 Å². The Hall–Kier alpha value is -2.01. The number of para-hydroxylation sites is 1. The lowest BCUT2D eigenvalue weighted by Crippen LogP contribution is -2.44. The monoisotopic (exact) mass is 315 g/mol. The van der Waals surface area contributed by atoms with Crippen molar-refractivity contribution in [1.82, 2.24) is 15.6 Å². The highest BCUT2D eigenvalue weighted by molar-refractivity contribution is 5.83. The number of urea groups is 1. The van der Waals surface area contributed by atoms with Crippen molar-refractivity contribution >= 4 is 16.9 Å². The van der Waals surface area contributed by atoms with E-state index in [1.807, 2.05) is 18.3 Å². The summed E-state index contributed by atoms with van der Waals surface area (Å²) in [7, 11) is 0. The van der Waals surface area contributed by atoms with E-state index in [-0.39, 0.29) is 18.7 Å². The Balaban J connectivity index is 1.41. The van der Waals surface area contributed by atoms with Gasteiger partial charge >= 0.3 is 6.03 Å². The van der Waals surface area contributed by atoms with Gasteiger partial charge in [-0.1, -0.05) is 18.2 Å². The minimum Gasteiger partial charge on any atom is -0.396 e. The summed E-state index contributed by atoms with van der Waals surface area (Å²) in [5.41, 5.74) is 2.36. The molecule has 4 N–H and O–H groups in total. The van der Waals surface area contributed by atoms with Crippen molar-refractivity contribution in [2.75, 3.05) is 13.2 Å². The van der Waals surface area contributed by atoms with Crippen LogP contribution in [0.3, 0.4) is 0 Å². The van der Waals surface area contributed by atoms with Gasteiger partial charge in [0.2, 0.25) is 0 Å². The number of rotatable bonds is 5. The number of benzene rings is 1.